The fourth-order valence-electron chi connectivity index (χ4n) is 2.49. The Bertz CT molecular complexity index is 641. The number of likely N-dealkylation sites (N-methyl/N-ethyl adjacent to an activating group) is 1. The predicted octanol–water partition coefficient (Wildman–Crippen LogP) is 1.40. The largest absolute Gasteiger partial charge is 0.369 e. The van der Waals surface area contributed by atoms with E-state index in [2.05, 4.69) is 9.97 Å². The van der Waals surface area contributed by atoms with E-state index in [4.69, 9.17) is 5.73 Å². The molecule has 0 saturated carbocycles. The second kappa shape index (κ2) is 2.80. The third kappa shape index (κ3) is 1.13. The van der Waals surface area contributed by atoms with Crippen molar-refractivity contribution in [1.82, 2.24) is 9.97 Å². The number of hydrogen-bond donors (Lipinski definition) is 2. The van der Waals surface area contributed by atoms with Crippen LogP contribution in [0.25, 0.3) is 11.0 Å². The summed E-state index contributed by atoms with van der Waals surface area (Å²) in [6.45, 7) is 3.87. The van der Waals surface area contributed by atoms with E-state index < -0.39 is 5.41 Å². The lowest BCUT2D eigenvalue weighted by Gasteiger charge is -2.16. The van der Waals surface area contributed by atoms with E-state index >= 15 is 0 Å². The molecule has 0 saturated heterocycles. The minimum absolute atomic E-state index is 0.105. The number of nitrogen functional groups attached to an aromatic ring is 1. The lowest BCUT2D eigenvalue weighted by Crippen LogP contribution is -2.33. The predicted molar refractivity (Wildman–Crippen MR) is 66.9 cm³/mol. The van der Waals surface area contributed by atoms with Gasteiger partial charge in [-0.15, -0.1) is 0 Å². The fourth-order valence-corrected chi connectivity index (χ4v) is 2.49. The molecule has 5 heteroatoms. The van der Waals surface area contributed by atoms with Crippen LogP contribution in [0.2, 0.25) is 0 Å². The zero-order valence-corrected chi connectivity index (χ0v) is 10.0. The van der Waals surface area contributed by atoms with Crippen molar-refractivity contribution in [2.45, 2.75) is 19.3 Å². The first-order valence-corrected chi connectivity index (χ1v) is 5.49. The number of imidazole rings is 1. The maximum atomic E-state index is 12.1. The average molecular weight is 230 g/mol. The molecular formula is C12H14N4O. The van der Waals surface area contributed by atoms with Crippen molar-refractivity contribution >= 4 is 28.6 Å². The van der Waals surface area contributed by atoms with Gasteiger partial charge in [-0.2, -0.15) is 0 Å². The summed E-state index contributed by atoms with van der Waals surface area (Å²) in [4.78, 5) is 21.0. The summed E-state index contributed by atoms with van der Waals surface area (Å²) in [6.07, 6.45) is 0. The number of carbonyl (C=O) groups is 1. The smallest absolute Gasteiger partial charge is 0.236 e. The second-order valence-corrected chi connectivity index (χ2v) is 5.00. The molecule has 88 valence electrons. The monoisotopic (exact) mass is 230 g/mol. The Hall–Kier alpha value is -2.04. The number of nitrogens with two attached hydrogens (primary N) is 1. The fraction of sp³-hybridized carbons (Fsp3) is 0.333. The lowest BCUT2D eigenvalue weighted by atomic mass is 9.86. The third-order valence-corrected chi connectivity index (χ3v) is 3.49. The number of aromatic amines is 1. The van der Waals surface area contributed by atoms with Crippen molar-refractivity contribution in [2.75, 3.05) is 17.7 Å². The molecule has 2 aromatic rings. The van der Waals surface area contributed by atoms with E-state index in [-0.39, 0.29) is 5.91 Å². The first-order chi connectivity index (χ1) is 7.91. The van der Waals surface area contributed by atoms with Gasteiger partial charge in [0.1, 0.15) is 0 Å². The molecule has 0 aliphatic carbocycles. The number of carbonyl (C=O) groups excluding carboxylic acids is 1. The Labute approximate surface area is 98.6 Å². The molecule has 0 fully saturated rings. The van der Waals surface area contributed by atoms with Gasteiger partial charge < -0.3 is 15.6 Å². The van der Waals surface area contributed by atoms with Gasteiger partial charge >= 0.3 is 0 Å². The minimum atomic E-state index is -0.488. The second-order valence-electron chi connectivity index (χ2n) is 5.00. The Balaban J connectivity index is 2.36. The van der Waals surface area contributed by atoms with Crippen LogP contribution in [0, 0.1) is 0 Å². The van der Waals surface area contributed by atoms with Crippen LogP contribution in [0.3, 0.4) is 0 Å². The van der Waals surface area contributed by atoms with Crippen molar-refractivity contribution in [3.05, 3.63) is 17.7 Å². The van der Waals surface area contributed by atoms with E-state index in [0.29, 0.717) is 5.95 Å². The summed E-state index contributed by atoms with van der Waals surface area (Å²) in [7, 11) is 1.79. The quantitative estimate of drug-likeness (QED) is 0.718. The topological polar surface area (TPSA) is 75.0 Å². The first kappa shape index (κ1) is 10.1. The van der Waals surface area contributed by atoms with Crippen LogP contribution in [0.5, 0.6) is 0 Å². The highest BCUT2D eigenvalue weighted by molar-refractivity contribution is 6.09. The maximum absolute atomic E-state index is 12.1. The van der Waals surface area contributed by atoms with Crippen LogP contribution in [0.4, 0.5) is 11.6 Å². The van der Waals surface area contributed by atoms with Crippen LogP contribution in [0.1, 0.15) is 19.4 Å². The van der Waals surface area contributed by atoms with Crippen LogP contribution >= 0.6 is 0 Å². The van der Waals surface area contributed by atoms with Gasteiger partial charge in [0.25, 0.3) is 0 Å². The zero-order valence-electron chi connectivity index (χ0n) is 10.0. The number of aromatic nitrogens is 2. The number of rotatable bonds is 0. The van der Waals surface area contributed by atoms with Gasteiger partial charge in [0.2, 0.25) is 5.91 Å². The molecule has 1 aliphatic heterocycles. The number of amides is 1. The van der Waals surface area contributed by atoms with Gasteiger partial charge in [0, 0.05) is 12.7 Å². The molecule has 0 atom stereocenters. The molecule has 3 N–H and O–H groups in total. The van der Waals surface area contributed by atoms with E-state index in [1.54, 1.807) is 11.9 Å². The molecule has 0 unspecified atom stereocenters. The Morgan fingerprint density at radius 1 is 1.41 bits per heavy atom. The van der Waals surface area contributed by atoms with E-state index in [1.807, 2.05) is 26.0 Å². The van der Waals surface area contributed by atoms with E-state index in [9.17, 15) is 4.79 Å². The zero-order chi connectivity index (χ0) is 12.4. The van der Waals surface area contributed by atoms with Crippen molar-refractivity contribution in [3.8, 4) is 0 Å². The highest BCUT2D eigenvalue weighted by atomic mass is 16.2. The van der Waals surface area contributed by atoms with Crippen molar-refractivity contribution in [1.29, 1.82) is 0 Å². The molecule has 5 nitrogen and oxygen atoms in total. The van der Waals surface area contributed by atoms with Crippen LogP contribution in [-0.2, 0) is 10.2 Å². The molecule has 3 rings (SSSR count). The number of benzene rings is 1. The summed E-state index contributed by atoms with van der Waals surface area (Å²) in [6, 6.07) is 3.87. The van der Waals surface area contributed by atoms with Gasteiger partial charge in [-0.1, -0.05) is 0 Å². The van der Waals surface area contributed by atoms with Gasteiger partial charge in [0.15, 0.2) is 5.95 Å². The van der Waals surface area contributed by atoms with Gasteiger partial charge in [0.05, 0.1) is 16.4 Å². The van der Waals surface area contributed by atoms with Gasteiger partial charge in [-0.3, -0.25) is 4.79 Å². The van der Waals surface area contributed by atoms with Crippen molar-refractivity contribution in [3.63, 3.8) is 0 Å². The van der Waals surface area contributed by atoms with Crippen LogP contribution in [-0.4, -0.2) is 22.9 Å². The minimum Gasteiger partial charge on any atom is -0.369 e. The number of anilines is 2. The van der Waals surface area contributed by atoms with Gasteiger partial charge in [-0.25, -0.2) is 4.98 Å². The Kier molecular flexibility index (Phi) is 1.67. The summed E-state index contributed by atoms with van der Waals surface area (Å²) in [5, 5.41) is 0. The van der Waals surface area contributed by atoms with E-state index in [1.165, 1.54) is 0 Å². The molecule has 0 radical (unpaired) electrons. The number of hydrogen-bond acceptors (Lipinski definition) is 3. The molecule has 1 amide bonds. The third-order valence-electron chi connectivity index (χ3n) is 3.49. The standard InChI is InChI=1S/C12H14N4O/c1-12(2)6-4-7-8(15-11(13)14-7)5-9(6)16(3)10(12)17/h4-5H,1-3H3,(H3,13,14,15). The summed E-state index contributed by atoms with van der Waals surface area (Å²) >= 11 is 0. The van der Waals surface area contributed by atoms with Gasteiger partial charge in [-0.05, 0) is 31.5 Å². The highest BCUT2D eigenvalue weighted by Gasteiger charge is 2.42. The summed E-state index contributed by atoms with van der Waals surface area (Å²) in [5.41, 5.74) is 8.74. The SMILES string of the molecule is CN1C(=O)C(C)(C)c2cc3[nH]c(N)nc3cc21. The van der Waals surface area contributed by atoms with Crippen molar-refractivity contribution in [2.24, 2.45) is 0 Å². The molecule has 1 aromatic carbocycles. The molecule has 0 spiro atoms. The Morgan fingerprint density at radius 3 is 2.82 bits per heavy atom. The normalized spacial score (nSPS) is 17.8. The molecule has 1 aliphatic rings. The van der Waals surface area contributed by atoms with Crippen LogP contribution < -0.4 is 10.6 Å². The summed E-state index contributed by atoms with van der Waals surface area (Å²) < 4.78 is 0. The molecule has 2 heterocycles. The van der Waals surface area contributed by atoms with Crippen molar-refractivity contribution < 1.29 is 4.79 Å². The number of nitrogens with one attached hydrogen (secondary N) is 1. The van der Waals surface area contributed by atoms with E-state index in [0.717, 1.165) is 22.3 Å². The molecular weight excluding hydrogens is 216 g/mol. The number of nitrogens with zero attached hydrogens (tertiary/aromatic N) is 2. The maximum Gasteiger partial charge on any atom is 0.236 e. The lowest BCUT2D eigenvalue weighted by molar-refractivity contribution is -0.121. The number of fused-ring (bicyclic) bond motifs is 2. The Morgan fingerprint density at radius 2 is 2.12 bits per heavy atom. The molecule has 0 bridgehead atoms. The molecule has 17 heavy (non-hydrogen) atoms. The summed E-state index contributed by atoms with van der Waals surface area (Å²) in [5.74, 6) is 0.503. The molecule has 1 aromatic heterocycles. The van der Waals surface area contributed by atoms with Crippen LogP contribution in [0.15, 0.2) is 12.1 Å². The number of H-pyrrole nitrogens is 1. The highest BCUT2D eigenvalue weighted by Crippen LogP contribution is 2.42. The average Bonchev–Trinajstić information content (AvgIpc) is 2.70. The first-order valence-electron chi connectivity index (χ1n) is 5.49.